The number of thiophene rings is 1. The van der Waals surface area contributed by atoms with Crippen LogP contribution in [0.15, 0.2) is 24.3 Å². The number of ether oxygens (including phenoxy) is 1. The molecule has 0 spiro atoms. The van der Waals surface area contributed by atoms with E-state index in [0.29, 0.717) is 21.2 Å². The topological polar surface area (TPSA) is 91.2 Å². The Labute approximate surface area is 148 Å². The number of esters is 1. The van der Waals surface area contributed by atoms with Crippen molar-refractivity contribution in [3.63, 3.8) is 0 Å². The predicted octanol–water partition coefficient (Wildman–Crippen LogP) is 4.40. The first-order chi connectivity index (χ1) is 11.5. The fourth-order valence-electron chi connectivity index (χ4n) is 1.96. The molecule has 124 valence electrons. The molecule has 2 rings (SSSR count). The highest BCUT2D eigenvalue weighted by Gasteiger charge is 2.22. The van der Waals surface area contributed by atoms with Gasteiger partial charge in [0.05, 0.1) is 12.2 Å². The van der Waals surface area contributed by atoms with E-state index in [0.717, 1.165) is 11.3 Å². The van der Waals surface area contributed by atoms with E-state index in [4.69, 9.17) is 16.3 Å². The highest BCUT2D eigenvalue weighted by Crippen LogP contribution is 2.33. The van der Waals surface area contributed by atoms with Crippen molar-refractivity contribution < 1.29 is 14.3 Å². The van der Waals surface area contributed by atoms with Crippen LogP contribution in [0.25, 0.3) is 0 Å². The molecular weight excluding hydrogens is 350 g/mol. The number of carbonyl (C=O) groups excluding carboxylic acids is 2. The van der Waals surface area contributed by atoms with Crippen molar-refractivity contribution in [2.75, 3.05) is 17.2 Å². The van der Waals surface area contributed by atoms with Gasteiger partial charge in [-0.15, -0.1) is 11.3 Å². The van der Waals surface area contributed by atoms with Crippen LogP contribution in [0.1, 0.15) is 27.7 Å². The first kappa shape index (κ1) is 17.8. The quantitative estimate of drug-likeness (QED) is 0.787. The van der Waals surface area contributed by atoms with Gasteiger partial charge in [0.2, 0.25) is 0 Å². The predicted molar refractivity (Wildman–Crippen MR) is 93.8 cm³/mol. The second kappa shape index (κ2) is 7.81. The number of nitrogens with one attached hydrogen (secondary N) is 2. The Morgan fingerprint density at radius 3 is 2.75 bits per heavy atom. The van der Waals surface area contributed by atoms with E-state index in [2.05, 4.69) is 10.6 Å². The fourth-order valence-corrected chi connectivity index (χ4v) is 3.20. The third-order valence-corrected chi connectivity index (χ3v) is 4.45. The van der Waals surface area contributed by atoms with Crippen LogP contribution in [0, 0.1) is 18.3 Å². The van der Waals surface area contributed by atoms with Crippen LogP contribution < -0.4 is 10.6 Å². The van der Waals surface area contributed by atoms with Gasteiger partial charge in [0.1, 0.15) is 15.9 Å². The number of hydrogen-bond donors (Lipinski definition) is 2. The first-order valence-corrected chi connectivity index (χ1v) is 8.19. The number of hydrogen-bond acceptors (Lipinski definition) is 5. The molecule has 2 aromatic rings. The lowest BCUT2D eigenvalue weighted by Gasteiger charge is -2.06. The van der Waals surface area contributed by atoms with Gasteiger partial charge in [-0.25, -0.2) is 9.59 Å². The van der Waals surface area contributed by atoms with Gasteiger partial charge in [-0.1, -0.05) is 17.7 Å². The number of benzene rings is 1. The molecule has 8 heteroatoms. The molecule has 0 fully saturated rings. The summed E-state index contributed by atoms with van der Waals surface area (Å²) in [6, 6.07) is 8.12. The third-order valence-electron chi connectivity index (χ3n) is 3.03. The van der Waals surface area contributed by atoms with E-state index in [1.54, 1.807) is 38.1 Å². The van der Waals surface area contributed by atoms with E-state index in [1.165, 1.54) is 0 Å². The van der Waals surface area contributed by atoms with Gasteiger partial charge in [-0.2, -0.15) is 5.26 Å². The van der Waals surface area contributed by atoms with Gasteiger partial charge in [0.25, 0.3) is 0 Å². The number of nitrogens with zero attached hydrogens (tertiary/aromatic N) is 1. The van der Waals surface area contributed by atoms with Gasteiger partial charge in [0, 0.05) is 10.7 Å². The monoisotopic (exact) mass is 363 g/mol. The standard InChI is InChI=1S/C16H14ClN3O3S/c1-3-23-15(21)13-9(2)12(8-18)14(24-13)20-16(22)19-11-6-4-5-10(17)7-11/h4-7H,3H2,1-2H3,(H2,19,20,22). The van der Waals surface area contributed by atoms with Crippen molar-refractivity contribution >= 4 is 45.6 Å². The molecule has 0 bridgehead atoms. The highest BCUT2D eigenvalue weighted by molar-refractivity contribution is 7.18. The summed E-state index contributed by atoms with van der Waals surface area (Å²) in [6.07, 6.45) is 0. The van der Waals surface area contributed by atoms with Gasteiger partial charge < -0.3 is 10.1 Å². The number of carbonyl (C=O) groups is 2. The van der Waals surface area contributed by atoms with Gasteiger partial charge in [0.15, 0.2) is 0 Å². The van der Waals surface area contributed by atoms with Gasteiger partial charge in [-0.3, -0.25) is 5.32 Å². The Hall–Kier alpha value is -2.56. The Kier molecular flexibility index (Phi) is 5.79. The number of amides is 2. The van der Waals surface area contributed by atoms with Crippen LogP contribution in [0.3, 0.4) is 0 Å². The number of urea groups is 1. The summed E-state index contributed by atoms with van der Waals surface area (Å²) in [5.74, 6) is -0.514. The normalized spacial score (nSPS) is 9.92. The molecule has 1 heterocycles. The Morgan fingerprint density at radius 1 is 1.38 bits per heavy atom. The third kappa shape index (κ3) is 4.04. The summed E-state index contributed by atoms with van der Waals surface area (Å²) in [6.45, 7) is 3.57. The molecule has 6 nitrogen and oxygen atoms in total. The summed E-state index contributed by atoms with van der Waals surface area (Å²) < 4.78 is 4.95. The molecule has 2 amide bonds. The second-order valence-electron chi connectivity index (χ2n) is 4.68. The largest absolute Gasteiger partial charge is 0.462 e. The molecule has 0 atom stereocenters. The summed E-state index contributed by atoms with van der Waals surface area (Å²) in [4.78, 5) is 24.3. The van der Waals surface area contributed by atoms with Crippen LogP contribution in [-0.4, -0.2) is 18.6 Å². The Balaban J connectivity index is 2.20. The number of halogens is 1. The molecule has 0 unspecified atom stereocenters. The Bertz CT molecular complexity index is 826. The van der Waals surface area contributed by atoms with E-state index in [1.807, 2.05) is 6.07 Å². The van der Waals surface area contributed by atoms with Crippen molar-refractivity contribution in [1.29, 1.82) is 5.26 Å². The highest BCUT2D eigenvalue weighted by atomic mass is 35.5. The molecule has 0 saturated heterocycles. The molecule has 0 aliphatic carbocycles. The lowest BCUT2D eigenvalue weighted by molar-refractivity contribution is 0.0531. The minimum absolute atomic E-state index is 0.232. The molecule has 0 aliphatic rings. The first-order valence-electron chi connectivity index (χ1n) is 7.00. The lowest BCUT2D eigenvalue weighted by Crippen LogP contribution is -2.19. The minimum atomic E-state index is -0.537. The summed E-state index contributed by atoms with van der Waals surface area (Å²) in [5.41, 5.74) is 1.24. The fraction of sp³-hybridized carbons (Fsp3) is 0.188. The average molecular weight is 364 g/mol. The minimum Gasteiger partial charge on any atom is -0.462 e. The summed E-state index contributed by atoms with van der Waals surface area (Å²) in [5, 5.41) is 15.3. The molecule has 0 radical (unpaired) electrons. The summed E-state index contributed by atoms with van der Waals surface area (Å²) in [7, 11) is 0. The zero-order valence-electron chi connectivity index (χ0n) is 13.0. The zero-order chi connectivity index (χ0) is 17.7. The Morgan fingerprint density at radius 2 is 2.12 bits per heavy atom. The van der Waals surface area contributed by atoms with Crippen LogP contribution in [0.5, 0.6) is 0 Å². The maximum atomic E-state index is 12.1. The van der Waals surface area contributed by atoms with Gasteiger partial charge >= 0.3 is 12.0 Å². The molecule has 0 aliphatic heterocycles. The van der Waals surface area contributed by atoms with E-state index in [-0.39, 0.29) is 17.2 Å². The second-order valence-corrected chi connectivity index (χ2v) is 6.14. The van der Waals surface area contributed by atoms with Crippen molar-refractivity contribution in [1.82, 2.24) is 0 Å². The van der Waals surface area contributed by atoms with Crippen LogP contribution in [0.4, 0.5) is 15.5 Å². The van der Waals surface area contributed by atoms with Gasteiger partial charge in [-0.05, 0) is 37.6 Å². The lowest BCUT2D eigenvalue weighted by atomic mass is 10.2. The zero-order valence-corrected chi connectivity index (χ0v) is 14.5. The molecule has 24 heavy (non-hydrogen) atoms. The number of nitriles is 1. The van der Waals surface area contributed by atoms with Crippen LogP contribution in [-0.2, 0) is 4.74 Å². The van der Waals surface area contributed by atoms with Crippen molar-refractivity contribution in [3.05, 3.63) is 45.3 Å². The molecule has 2 N–H and O–H groups in total. The molecule has 0 saturated carbocycles. The maximum Gasteiger partial charge on any atom is 0.348 e. The van der Waals surface area contributed by atoms with E-state index >= 15 is 0 Å². The smallest absolute Gasteiger partial charge is 0.348 e. The van der Waals surface area contributed by atoms with Crippen molar-refractivity contribution in [2.45, 2.75) is 13.8 Å². The maximum absolute atomic E-state index is 12.1. The molecule has 1 aromatic carbocycles. The average Bonchev–Trinajstić information content (AvgIpc) is 2.83. The van der Waals surface area contributed by atoms with Crippen LogP contribution >= 0.6 is 22.9 Å². The van der Waals surface area contributed by atoms with E-state index in [9.17, 15) is 14.9 Å². The van der Waals surface area contributed by atoms with Crippen molar-refractivity contribution in [2.24, 2.45) is 0 Å². The van der Waals surface area contributed by atoms with Crippen molar-refractivity contribution in [3.8, 4) is 6.07 Å². The molecule has 1 aromatic heterocycles. The summed E-state index contributed by atoms with van der Waals surface area (Å²) >= 11 is 6.87. The van der Waals surface area contributed by atoms with E-state index < -0.39 is 12.0 Å². The number of anilines is 2. The molecular formula is C16H14ClN3O3S. The number of rotatable bonds is 4. The van der Waals surface area contributed by atoms with Crippen LogP contribution in [0.2, 0.25) is 5.02 Å². The SMILES string of the molecule is CCOC(=O)c1sc(NC(=O)Nc2cccc(Cl)c2)c(C#N)c1C.